The maximum absolute atomic E-state index is 11.1. The summed E-state index contributed by atoms with van der Waals surface area (Å²) in [5, 5.41) is 3.60. The van der Waals surface area contributed by atoms with Crippen molar-refractivity contribution in [3.63, 3.8) is 0 Å². The van der Waals surface area contributed by atoms with Crippen LogP contribution < -0.4 is 21.5 Å². The molecule has 0 atom stereocenters. The maximum Gasteiger partial charge on any atom is 0.248 e. The smallest absolute Gasteiger partial charge is 0.248 e. The molecule has 1 amide bonds. The topological polar surface area (TPSA) is 90.4 Å². The zero-order valence-electron chi connectivity index (χ0n) is 10.8. The van der Waals surface area contributed by atoms with Crippen LogP contribution in [0.25, 0.3) is 0 Å². The van der Waals surface area contributed by atoms with Crippen molar-refractivity contribution in [1.29, 1.82) is 0 Å². The minimum atomic E-state index is -0.518. The number of methoxy groups -OCH3 is 1. The first-order valence-corrected chi connectivity index (χ1v) is 6.19. The number of hydrogen-bond acceptors (Lipinski definition) is 4. The van der Waals surface area contributed by atoms with Crippen LogP contribution in [0.5, 0.6) is 5.75 Å². The summed E-state index contributed by atoms with van der Waals surface area (Å²) in [5.41, 5.74) is 13.3. The standard InChI is InChI=1S/C14H14ClN3O2/c1-20-13-5-3-9(7-10(13)15)18-12-4-2-8(14(17)19)6-11(12)16/h2-7,18H,16H2,1H3,(H2,17,19). The summed E-state index contributed by atoms with van der Waals surface area (Å²) in [6.07, 6.45) is 0. The maximum atomic E-state index is 11.1. The predicted octanol–water partition coefficient (Wildman–Crippen LogP) is 2.77. The van der Waals surface area contributed by atoms with Crippen LogP contribution >= 0.6 is 11.6 Å². The summed E-state index contributed by atoms with van der Waals surface area (Å²) in [4.78, 5) is 11.1. The zero-order chi connectivity index (χ0) is 14.7. The predicted molar refractivity (Wildman–Crippen MR) is 80.7 cm³/mol. The van der Waals surface area contributed by atoms with Crippen molar-refractivity contribution in [3.8, 4) is 5.75 Å². The van der Waals surface area contributed by atoms with Crippen molar-refractivity contribution >= 4 is 34.6 Å². The van der Waals surface area contributed by atoms with Gasteiger partial charge in [0.25, 0.3) is 0 Å². The van der Waals surface area contributed by atoms with Gasteiger partial charge in [-0.1, -0.05) is 11.6 Å². The lowest BCUT2D eigenvalue weighted by Crippen LogP contribution is -2.11. The molecule has 2 aromatic carbocycles. The van der Waals surface area contributed by atoms with Gasteiger partial charge in [-0.25, -0.2) is 0 Å². The molecular formula is C14H14ClN3O2. The third-order valence-electron chi connectivity index (χ3n) is 2.77. The lowest BCUT2D eigenvalue weighted by Gasteiger charge is -2.11. The van der Waals surface area contributed by atoms with Gasteiger partial charge in [0.05, 0.1) is 23.5 Å². The van der Waals surface area contributed by atoms with Crippen LogP contribution in [0.2, 0.25) is 5.02 Å². The van der Waals surface area contributed by atoms with Crippen molar-refractivity contribution in [2.24, 2.45) is 5.73 Å². The number of halogens is 1. The van der Waals surface area contributed by atoms with Crippen LogP contribution in [0.1, 0.15) is 10.4 Å². The molecule has 0 aromatic heterocycles. The lowest BCUT2D eigenvalue weighted by molar-refractivity contribution is 0.100. The number of hydrogen-bond donors (Lipinski definition) is 3. The summed E-state index contributed by atoms with van der Waals surface area (Å²) in [6.45, 7) is 0. The third kappa shape index (κ3) is 2.95. The highest BCUT2D eigenvalue weighted by Crippen LogP contribution is 2.30. The molecule has 104 valence electrons. The van der Waals surface area contributed by atoms with E-state index in [1.807, 2.05) is 6.07 Å². The largest absolute Gasteiger partial charge is 0.495 e. The number of carbonyl (C=O) groups is 1. The van der Waals surface area contributed by atoms with Crippen molar-refractivity contribution in [2.45, 2.75) is 0 Å². The van der Waals surface area contributed by atoms with Gasteiger partial charge in [-0.3, -0.25) is 4.79 Å². The molecule has 5 nitrogen and oxygen atoms in total. The fraction of sp³-hybridized carbons (Fsp3) is 0.0714. The average Bonchev–Trinajstić information content (AvgIpc) is 2.41. The fourth-order valence-corrected chi connectivity index (χ4v) is 1.99. The Kier molecular flexibility index (Phi) is 4.00. The van der Waals surface area contributed by atoms with Gasteiger partial charge in [-0.15, -0.1) is 0 Å². The normalized spacial score (nSPS) is 10.1. The van der Waals surface area contributed by atoms with Crippen molar-refractivity contribution in [1.82, 2.24) is 0 Å². The van der Waals surface area contributed by atoms with E-state index < -0.39 is 5.91 Å². The Labute approximate surface area is 121 Å². The Morgan fingerprint density at radius 2 is 2.00 bits per heavy atom. The van der Waals surface area contributed by atoms with Gasteiger partial charge in [0.2, 0.25) is 5.91 Å². The Balaban J connectivity index is 2.26. The van der Waals surface area contributed by atoms with Gasteiger partial charge in [0, 0.05) is 11.3 Å². The fourth-order valence-electron chi connectivity index (χ4n) is 1.73. The van der Waals surface area contributed by atoms with E-state index in [4.69, 9.17) is 27.8 Å². The summed E-state index contributed by atoms with van der Waals surface area (Å²) >= 11 is 6.04. The van der Waals surface area contributed by atoms with E-state index in [2.05, 4.69) is 5.32 Å². The van der Waals surface area contributed by atoms with Crippen molar-refractivity contribution in [2.75, 3.05) is 18.2 Å². The number of primary amides is 1. The minimum absolute atomic E-state index is 0.362. The monoisotopic (exact) mass is 291 g/mol. The zero-order valence-corrected chi connectivity index (χ0v) is 11.6. The van der Waals surface area contributed by atoms with E-state index in [1.54, 1.807) is 31.4 Å². The summed E-state index contributed by atoms with van der Waals surface area (Å²) < 4.78 is 5.08. The lowest BCUT2D eigenvalue weighted by atomic mass is 10.1. The first-order chi connectivity index (χ1) is 9.51. The number of carbonyl (C=O) groups excluding carboxylic acids is 1. The Morgan fingerprint density at radius 1 is 1.25 bits per heavy atom. The highest BCUT2D eigenvalue weighted by molar-refractivity contribution is 6.32. The van der Waals surface area contributed by atoms with Gasteiger partial charge >= 0.3 is 0 Å². The minimum Gasteiger partial charge on any atom is -0.495 e. The third-order valence-corrected chi connectivity index (χ3v) is 3.06. The second-order valence-corrected chi connectivity index (χ2v) is 4.55. The summed E-state index contributed by atoms with van der Waals surface area (Å²) in [5.74, 6) is 0.0741. The molecule has 0 saturated carbocycles. The molecule has 0 spiro atoms. The molecule has 0 aliphatic carbocycles. The quantitative estimate of drug-likeness (QED) is 0.756. The van der Waals surface area contributed by atoms with Gasteiger partial charge < -0.3 is 21.5 Å². The highest BCUT2D eigenvalue weighted by atomic mass is 35.5. The molecule has 5 N–H and O–H groups in total. The Bertz CT molecular complexity index is 659. The molecule has 0 saturated heterocycles. The van der Waals surface area contributed by atoms with Gasteiger partial charge in [0.15, 0.2) is 0 Å². The first-order valence-electron chi connectivity index (χ1n) is 5.81. The van der Waals surface area contributed by atoms with Gasteiger partial charge in [-0.2, -0.15) is 0 Å². The second kappa shape index (κ2) is 5.71. The van der Waals surface area contributed by atoms with Gasteiger partial charge in [-0.05, 0) is 36.4 Å². The van der Waals surface area contributed by atoms with Crippen LogP contribution in [-0.4, -0.2) is 13.0 Å². The molecule has 20 heavy (non-hydrogen) atoms. The molecule has 0 radical (unpaired) electrons. The number of anilines is 3. The average molecular weight is 292 g/mol. The van der Waals surface area contributed by atoms with Crippen LogP contribution in [0.3, 0.4) is 0 Å². The molecule has 0 aliphatic heterocycles. The van der Waals surface area contributed by atoms with E-state index in [-0.39, 0.29) is 0 Å². The number of rotatable bonds is 4. The number of nitrogens with two attached hydrogens (primary N) is 2. The SMILES string of the molecule is COc1ccc(Nc2ccc(C(N)=O)cc2N)cc1Cl. The Hall–Kier alpha value is -2.40. The summed E-state index contributed by atoms with van der Waals surface area (Å²) in [7, 11) is 1.55. The molecule has 0 heterocycles. The molecule has 0 fully saturated rings. The van der Waals surface area contributed by atoms with Crippen LogP contribution in [-0.2, 0) is 0 Å². The van der Waals surface area contributed by atoms with Gasteiger partial charge in [0.1, 0.15) is 5.75 Å². The van der Waals surface area contributed by atoms with E-state index in [1.165, 1.54) is 6.07 Å². The number of amides is 1. The number of nitrogens with one attached hydrogen (secondary N) is 1. The van der Waals surface area contributed by atoms with Crippen LogP contribution in [0.15, 0.2) is 36.4 Å². The number of ether oxygens (including phenoxy) is 1. The van der Waals surface area contributed by atoms with Crippen molar-refractivity contribution < 1.29 is 9.53 Å². The molecule has 2 rings (SSSR count). The van der Waals surface area contributed by atoms with E-state index in [9.17, 15) is 4.79 Å². The molecular weight excluding hydrogens is 278 g/mol. The van der Waals surface area contributed by atoms with Crippen LogP contribution in [0, 0.1) is 0 Å². The number of nitrogen functional groups attached to an aromatic ring is 1. The number of benzene rings is 2. The highest BCUT2D eigenvalue weighted by Gasteiger charge is 2.06. The molecule has 6 heteroatoms. The molecule has 0 aliphatic rings. The first kappa shape index (κ1) is 14.0. The molecule has 2 aromatic rings. The summed E-state index contributed by atoms with van der Waals surface area (Å²) in [6, 6.07) is 10.1. The van der Waals surface area contributed by atoms with E-state index in [0.717, 1.165) is 5.69 Å². The molecule has 0 unspecified atom stereocenters. The Morgan fingerprint density at radius 3 is 2.55 bits per heavy atom. The van der Waals surface area contributed by atoms with Crippen LogP contribution in [0.4, 0.5) is 17.1 Å². The molecule has 0 bridgehead atoms. The second-order valence-electron chi connectivity index (χ2n) is 4.14. The van der Waals surface area contributed by atoms with Crippen molar-refractivity contribution in [3.05, 3.63) is 47.0 Å². The van der Waals surface area contributed by atoms with E-state index in [0.29, 0.717) is 27.7 Å². The van der Waals surface area contributed by atoms with E-state index >= 15 is 0 Å².